The maximum Gasteiger partial charge on any atom is 0.140 e. The summed E-state index contributed by atoms with van der Waals surface area (Å²) in [5.41, 5.74) is 7.41. The highest BCUT2D eigenvalue weighted by Crippen LogP contribution is 2.20. The van der Waals surface area contributed by atoms with Crippen LogP contribution in [0.25, 0.3) is 5.65 Å². The van der Waals surface area contributed by atoms with Crippen molar-refractivity contribution in [1.29, 1.82) is 0 Å². The highest BCUT2D eigenvalue weighted by atomic mass is 15.0. The van der Waals surface area contributed by atoms with Crippen LogP contribution in [0, 0.1) is 34.6 Å². The molecule has 2 heteroatoms. The summed E-state index contributed by atoms with van der Waals surface area (Å²) in [6, 6.07) is 0. The van der Waals surface area contributed by atoms with Gasteiger partial charge in [0.15, 0.2) is 0 Å². The van der Waals surface area contributed by atoms with Gasteiger partial charge in [-0.3, -0.25) is 0 Å². The standard InChI is InChI=1S/C12H16N2/c1-7-6-14-11(5)9(3)10(4)13-12(14)8(7)2/h6H,1-5H3. The van der Waals surface area contributed by atoms with Crippen molar-refractivity contribution in [3.63, 3.8) is 0 Å². The van der Waals surface area contributed by atoms with Crippen molar-refractivity contribution in [3.05, 3.63) is 34.3 Å². The molecular formula is C12H16N2. The molecule has 0 atom stereocenters. The Hall–Kier alpha value is -1.31. The van der Waals surface area contributed by atoms with Crippen LogP contribution >= 0.6 is 0 Å². The third kappa shape index (κ3) is 1.07. The van der Waals surface area contributed by atoms with E-state index < -0.39 is 0 Å². The van der Waals surface area contributed by atoms with E-state index in [1.165, 1.54) is 22.4 Å². The minimum absolute atomic E-state index is 1.10. The lowest BCUT2D eigenvalue weighted by Crippen LogP contribution is -1.99. The molecule has 14 heavy (non-hydrogen) atoms. The Morgan fingerprint density at radius 2 is 1.64 bits per heavy atom. The topological polar surface area (TPSA) is 17.3 Å². The fourth-order valence-corrected chi connectivity index (χ4v) is 1.79. The first-order chi connectivity index (χ1) is 6.52. The Bertz CT molecular complexity index is 507. The molecule has 0 unspecified atom stereocenters. The number of nitrogens with zero attached hydrogens (tertiary/aromatic N) is 2. The molecule has 0 saturated carbocycles. The van der Waals surface area contributed by atoms with Crippen LogP contribution in [0.4, 0.5) is 0 Å². The quantitative estimate of drug-likeness (QED) is 0.621. The largest absolute Gasteiger partial charge is 0.305 e. The van der Waals surface area contributed by atoms with E-state index in [1.54, 1.807) is 0 Å². The predicted octanol–water partition coefficient (Wildman–Crippen LogP) is 2.88. The molecule has 0 aliphatic carbocycles. The summed E-state index contributed by atoms with van der Waals surface area (Å²) in [4.78, 5) is 4.62. The maximum absolute atomic E-state index is 4.62. The van der Waals surface area contributed by atoms with Crippen molar-refractivity contribution in [2.45, 2.75) is 34.6 Å². The fraction of sp³-hybridized carbons (Fsp3) is 0.417. The van der Waals surface area contributed by atoms with E-state index in [2.05, 4.69) is 50.2 Å². The van der Waals surface area contributed by atoms with Crippen molar-refractivity contribution in [2.24, 2.45) is 0 Å². The van der Waals surface area contributed by atoms with E-state index in [0.717, 1.165) is 11.3 Å². The van der Waals surface area contributed by atoms with E-state index in [0.29, 0.717) is 0 Å². The van der Waals surface area contributed by atoms with Gasteiger partial charge in [0.25, 0.3) is 0 Å². The van der Waals surface area contributed by atoms with Crippen LogP contribution < -0.4 is 0 Å². The van der Waals surface area contributed by atoms with Crippen LogP contribution in [-0.4, -0.2) is 9.38 Å². The Kier molecular flexibility index (Phi) is 1.88. The molecule has 0 aromatic carbocycles. The van der Waals surface area contributed by atoms with Crippen LogP contribution in [0.1, 0.15) is 28.1 Å². The van der Waals surface area contributed by atoms with E-state index in [4.69, 9.17) is 0 Å². The molecule has 2 rings (SSSR count). The zero-order valence-electron chi connectivity index (χ0n) is 9.47. The number of rotatable bonds is 0. The number of aromatic nitrogens is 2. The Morgan fingerprint density at radius 1 is 1.00 bits per heavy atom. The second kappa shape index (κ2) is 2.84. The number of fused-ring (bicyclic) bond motifs is 1. The predicted molar refractivity (Wildman–Crippen MR) is 58.9 cm³/mol. The summed E-state index contributed by atoms with van der Waals surface area (Å²) in [6.45, 7) is 10.6. The molecule has 0 amide bonds. The van der Waals surface area contributed by atoms with Crippen molar-refractivity contribution in [1.82, 2.24) is 9.38 Å². The van der Waals surface area contributed by atoms with E-state index in [-0.39, 0.29) is 0 Å². The van der Waals surface area contributed by atoms with Gasteiger partial charge in [-0.15, -0.1) is 0 Å². The number of hydrogen-bond donors (Lipinski definition) is 0. The minimum atomic E-state index is 1.10. The van der Waals surface area contributed by atoms with Gasteiger partial charge in [-0.2, -0.15) is 0 Å². The zero-order chi connectivity index (χ0) is 10.5. The first-order valence-corrected chi connectivity index (χ1v) is 4.94. The first kappa shape index (κ1) is 9.25. The molecule has 0 radical (unpaired) electrons. The highest BCUT2D eigenvalue weighted by Gasteiger charge is 2.09. The van der Waals surface area contributed by atoms with Crippen LogP contribution in [-0.2, 0) is 0 Å². The molecule has 0 fully saturated rings. The molecule has 0 spiro atoms. The lowest BCUT2D eigenvalue weighted by Gasteiger charge is -2.07. The van der Waals surface area contributed by atoms with Gasteiger partial charge in [0.1, 0.15) is 5.65 Å². The number of aryl methyl sites for hydroxylation is 4. The summed E-state index contributed by atoms with van der Waals surface area (Å²) < 4.78 is 2.19. The molecule has 0 N–H and O–H groups in total. The monoisotopic (exact) mass is 188 g/mol. The normalized spacial score (nSPS) is 11.2. The lowest BCUT2D eigenvalue weighted by molar-refractivity contribution is 0.988. The SMILES string of the molecule is Cc1cn2c(C)c(C)c(C)nc2c1C. The molecule has 0 saturated heterocycles. The third-order valence-electron chi connectivity index (χ3n) is 3.20. The molecule has 0 bridgehead atoms. The third-order valence-corrected chi connectivity index (χ3v) is 3.20. The Morgan fingerprint density at radius 3 is 2.29 bits per heavy atom. The summed E-state index contributed by atoms with van der Waals surface area (Å²) in [6.07, 6.45) is 2.17. The Labute approximate surface area is 84.6 Å². The van der Waals surface area contributed by atoms with Crippen molar-refractivity contribution >= 4 is 5.65 Å². The average Bonchev–Trinajstić information content (AvgIpc) is 2.42. The minimum Gasteiger partial charge on any atom is -0.305 e. The second-order valence-corrected chi connectivity index (χ2v) is 4.04. The van der Waals surface area contributed by atoms with E-state index in [1.807, 2.05) is 0 Å². The molecule has 2 nitrogen and oxygen atoms in total. The van der Waals surface area contributed by atoms with Crippen LogP contribution in [0.15, 0.2) is 6.20 Å². The summed E-state index contributed by atoms with van der Waals surface area (Å²) in [5, 5.41) is 0. The van der Waals surface area contributed by atoms with E-state index in [9.17, 15) is 0 Å². The van der Waals surface area contributed by atoms with Gasteiger partial charge in [0, 0.05) is 17.6 Å². The smallest absolute Gasteiger partial charge is 0.140 e. The highest BCUT2D eigenvalue weighted by molar-refractivity contribution is 5.54. The first-order valence-electron chi connectivity index (χ1n) is 4.94. The molecule has 74 valence electrons. The summed E-state index contributed by atoms with van der Waals surface area (Å²) in [5.74, 6) is 0. The number of hydrogen-bond acceptors (Lipinski definition) is 1. The average molecular weight is 188 g/mol. The van der Waals surface area contributed by atoms with Crippen LogP contribution in [0.2, 0.25) is 0 Å². The van der Waals surface area contributed by atoms with Crippen LogP contribution in [0.5, 0.6) is 0 Å². The fourth-order valence-electron chi connectivity index (χ4n) is 1.79. The molecule has 2 aromatic rings. The molecule has 2 aromatic heterocycles. The van der Waals surface area contributed by atoms with Gasteiger partial charge in [-0.1, -0.05) is 0 Å². The van der Waals surface area contributed by atoms with Crippen LogP contribution in [0.3, 0.4) is 0 Å². The van der Waals surface area contributed by atoms with Gasteiger partial charge in [0.2, 0.25) is 0 Å². The maximum atomic E-state index is 4.62. The second-order valence-electron chi connectivity index (χ2n) is 4.04. The van der Waals surface area contributed by atoms with Crippen molar-refractivity contribution < 1.29 is 0 Å². The zero-order valence-corrected chi connectivity index (χ0v) is 9.47. The van der Waals surface area contributed by atoms with Gasteiger partial charge in [-0.05, 0) is 51.3 Å². The molecular weight excluding hydrogens is 172 g/mol. The molecule has 0 aliphatic rings. The Balaban J connectivity index is 2.98. The van der Waals surface area contributed by atoms with E-state index >= 15 is 0 Å². The summed E-state index contributed by atoms with van der Waals surface area (Å²) in [7, 11) is 0. The molecule has 2 heterocycles. The summed E-state index contributed by atoms with van der Waals surface area (Å²) >= 11 is 0. The lowest BCUT2D eigenvalue weighted by atomic mass is 10.2. The van der Waals surface area contributed by atoms with Crippen molar-refractivity contribution in [3.8, 4) is 0 Å². The molecule has 0 aliphatic heterocycles. The van der Waals surface area contributed by atoms with Gasteiger partial charge in [-0.25, -0.2) is 4.98 Å². The van der Waals surface area contributed by atoms with Crippen molar-refractivity contribution in [2.75, 3.05) is 0 Å². The van der Waals surface area contributed by atoms with Gasteiger partial charge < -0.3 is 4.40 Å². The van der Waals surface area contributed by atoms with Gasteiger partial charge >= 0.3 is 0 Å². The van der Waals surface area contributed by atoms with Gasteiger partial charge in [0.05, 0.1) is 0 Å².